The minimum atomic E-state index is -0.546. The Morgan fingerprint density at radius 3 is 2.55 bits per heavy atom. The number of carbonyl (C=O) groups excluding carboxylic acids is 1. The molecule has 22 heavy (non-hydrogen) atoms. The van der Waals surface area contributed by atoms with Gasteiger partial charge in [-0.1, -0.05) is 12.1 Å². The van der Waals surface area contributed by atoms with E-state index in [0.717, 1.165) is 0 Å². The molecule has 2 aromatic carbocycles. The van der Waals surface area contributed by atoms with Crippen molar-refractivity contribution in [3.05, 3.63) is 80.3 Å². The molecule has 106 valence electrons. The second kappa shape index (κ2) is 4.11. The number of para-hydroxylation sites is 1. The first-order valence-electron chi connectivity index (χ1n) is 6.56. The number of aromatic nitrogens is 1. The van der Waals surface area contributed by atoms with Gasteiger partial charge < -0.3 is 0 Å². The zero-order valence-corrected chi connectivity index (χ0v) is 11.1. The Balaban J connectivity index is 2.14. The normalized spacial score (nSPS) is 12.3. The highest BCUT2D eigenvalue weighted by Gasteiger charge is 2.28. The summed E-state index contributed by atoms with van der Waals surface area (Å²) in [6.07, 6.45) is 0. The van der Waals surface area contributed by atoms with Crippen LogP contribution in [0.15, 0.2) is 53.3 Å². The Kier molecular flexibility index (Phi) is 2.33. The molecule has 0 saturated heterocycles. The second-order valence-corrected chi connectivity index (χ2v) is 5.05. The summed E-state index contributed by atoms with van der Waals surface area (Å²) in [5.41, 5.74) is 0.690. The molecular weight excluding hydrogens is 284 g/mol. The van der Waals surface area contributed by atoms with Gasteiger partial charge in [0.2, 0.25) is 5.78 Å². The number of nitro benzene ring substituents is 1. The van der Waals surface area contributed by atoms with Crippen LogP contribution in [0.4, 0.5) is 5.69 Å². The molecule has 0 N–H and O–H groups in total. The molecule has 0 atom stereocenters. The van der Waals surface area contributed by atoms with Crippen molar-refractivity contribution in [2.75, 3.05) is 0 Å². The number of pyridine rings is 1. The van der Waals surface area contributed by atoms with Gasteiger partial charge in [-0.05, 0) is 29.7 Å². The Bertz CT molecular complexity index is 1050. The topological polar surface area (TPSA) is 82.2 Å². The van der Waals surface area contributed by atoms with E-state index in [-0.39, 0.29) is 22.6 Å². The van der Waals surface area contributed by atoms with Crippen LogP contribution in [-0.2, 0) is 0 Å². The number of hydrogen-bond donors (Lipinski definition) is 0. The van der Waals surface area contributed by atoms with Gasteiger partial charge in [0, 0.05) is 17.7 Å². The van der Waals surface area contributed by atoms with Crippen molar-refractivity contribution >= 4 is 22.2 Å². The number of non-ortho nitro benzene ring substituents is 1. The highest BCUT2D eigenvalue weighted by atomic mass is 16.6. The van der Waals surface area contributed by atoms with Gasteiger partial charge in [0.1, 0.15) is 0 Å². The van der Waals surface area contributed by atoms with Crippen LogP contribution in [0.1, 0.15) is 16.1 Å². The third-order valence-corrected chi connectivity index (χ3v) is 3.84. The van der Waals surface area contributed by atoms with Crippen LogP contribution in [0, 0.1) is 10.1 Å². The summed E-state index contributed by atoms with van der Waals surface area (Å²) in [4.78, 5) is 35.4. The Hall–Kier alpha value is -3.28. The molecule has 6 heteroatoms. The summed E-state index contributed by atoms with van der Waals surface area (Å²) in [5, 5.41) is 11.6. The van der Waals surface area contributed by atoms with E-state index in [1.165, 1.54) is 22.8 Å². The average Bonchev–Trinajstić information content (AvgIpc) is 2.81. The van der Waals surface area contributed by atoms with Crippen LogP contribution in [0.5, 0.6) is 0 Å². The lowest BCUT2D eigenvalue weighted by atomic mass is 10.1. The first kappa shape index (κ1) is 12.5. The van der Waals surface area contributed by atoms with E-state index in [1.807, 2.05) is 0 Å². The molecule has 0 bridgehead atoms. The molecule has 1 aliphatic rings. The molecule has 0 fully saturated rings. The maximum atomic E-state index is 12.7. The Morgan fingerprint density at radius 2 is 1.77 bits per heavy atom. The van der Waals surface area contributed by atoms with E-state index in [2.05, 4.69) is 0 Å². The van der Waals surface area contributed by atoms with Crippen molar-refractivity contribution in [1.82, 2.24) is 4.57 Å². The minimum Gasteiger partial charge on any atom is -0.287 e. The zero-order valence-electron chi connectivity index (χ0n) is 11.1. The number of benzene rings is 2. The number of rotatable bonds is 1. The number of nitro groups is 1. The minimum absolute atomic E-state index is 0.150. The van der Waals surface area contributed by atoms with E-state index in [1.54, 1.807) is 30.3 Å². The molecule has 6 nitrogen and oxygen atoms in total. The van der Waals surface area contributed by atoms with Gasteiger partial charge >= 0.3 is 0 Å². The predicted molar refractivity (Wildman–Crippen MR) is 79.6 cm³/mol. The maximum Gasteiger partial charge on any atom is 0.270 e. The first-order valence-corrected chi connectivity index (χ1v) is 6.56. The lowest BCUT2D eigenvalue weighted by molar-refractivity contribution is -0.384. The Morgan fingerprint density at radius 1 is 1.00 bits per heavy atom. The number of ketones is 1. The first-order chi connectivity index (χ1) is 10.6. The zero-order chi connectivity index (χ0) is 15.4. The van der Waals surface area contributed by atoms with E-state index >= 15 is 0 Å². The van der Waals surface area contributed by atoms with E-state index in [0.29, 0.717) is 16.6 Å². The highest BCUT2D eigenvalue weighted by molar-refractivity contribution is 6.15. The number of fused-ring (bicyclic) bond motifs is 4. The number of nitrogens with zero attached hydrogens (tertiary/aromatic N) is 2. The van der Waals surface area contributed by atoms with Crippen LogP contribution < -0.4 is 5.56 Å². The van der Waals surface area contributed by atoms with Crippen molar-refractivity contribution in [3.8, 4) is 5.69 Å². The van der Waals surface area contributed by atoms with Crippen LogP contribution in [0.25, 0.3) is 16.5 Å². The lowest BCUT2D eigenvalue weighted by Gasteiger charge is -2.06. The summed E-state index contributed by atoms with van der Waals surface area (Å²) >= 11 is 0. The van der Waals surface area contributed by atoms with Crippen LogP contribution in [0.2, 0.25) is 0 Å². The fraction of sp³-hybridized carbons (Fsp3) is 0. The van der Waals surface area contributed by atoms with Gasteiger partial charge in [0.15, 0.2) is 0 Å². The van der Waals surface area contributed by atoms with E-state index in [4.69, 9.17) is 0 Å². The predicted octanol–water partition coefficient (Wildman–Crippen LogP) is 2.44. The lowest BCUT2D eigenvalue weighted by Crippen LogP contribution is -2.19. The molecule has 0 amide bonds. The van der Waals surface area contributed by atoms with Crippen LogP contribution in [-0.4, -0.2) is 15.3 Å². The van der Waals surface area contributed by atoms with Crippen molar-refractivity contribution in [2.24, 2.45) is 0 Å². The monoisotopic (exact) mass is 292 g/mol. The van der Waals surface area contributed by atoms with Crippen LogP contribution in [0.3, 0.4) is 0 Å². The summed E-state index contributed by atoms with van der Waals surface area (Å²) < 4.78 is 1.32. The summed E-state index contributed by atoms with van der Waals surface area (Å²) in [6.45, 7) is 0. The number of hydrogen-bond acceptors (Lipinski definition) is 4. The van der Waals surface area contributed by atoms with E-state index < -0.39 is 10.5 Å². The molecular formula is C16H8N2O4. The fourth-order valence-electron chi connectivity index (χ4n) is 2.82. The Labute approximate surface area is 123 Å². The molecule has 2 heterocycles. The largest absolute Gasteiger partial charge is 0.287 e. The number of carbonyl (C=O) groups is 1. The second-order valence-electron chi connectivity index (χ2n) is 5.05. The van der Waals surface area contributed by atoms with Crippen LogP contribution >= 0.6 is 0 Å². The molecule has 0 unspecified atom stereocenters. The van der Waals surface area contributed by atoms with Crippen molar-refractivity contribution in [2.45, 2.75) is 0 Å². The van der Waals surface area contributed by atoms with Gasteiger partial charge in [0.25, 0.3) is 11.2 Å². The molecule has 0 aliphatic carbocycles. The van der Waals surface area contributed by atoms with Crippen molar-refractivity contribution in [1.29, 1.82) is 0 Å². The maximum absolute atomic E-state index is 12.7. The summed E-state index contributed by atoms with van der Waals surface area (Å²) in [5.74, 6) is -0.215. The van der Waals surface area contributed by atoms with Gasteiger partial charge in [-0.3, -0.25) is 24.3 Å². The highest BCUT2D eigenvalue weighted by Crippen LogP contribution is 2.28. The summed E-state index contributed by atoms with van der Waals surface area (Å²) in [7, 11) is 0. The average molecular weight is 292 g/mol. The third kappa shape index (κ3) is 1.49. The SMILES string of the molecule is O=C1c2ccccc2-n2c1cc1ccc([N+](=O)[O-])cc1c2=O. The standard InChI is InChI=1S/C16H8N2O4/c19-15-11-3-1-2-4-13(11)17-14(15)7-9-5-6-10(18(21)22)8-12(9)16(17)20/h1-8H. The fourth-order valence-corrected chi connectivity index (χ4v) is 2.82. The van der Waals surface area contributed by atoms with Gasteiger partial charge in [-0.15, -0.1) is 0 Å². The summed E-state index contributed by atoms with van der Waals surface area (Å²) in [6, 6.07) is 12.5. The van der Waals surface area contributed by atoms with E-state index in [9.17, 15) is 19.7 Å². The molecule has 1 aromatic heterocycles. The third-order valence-electron chi connectivity index (χ3n) is 3.84. The van der Waals surface area contributed by atoms with Crippen molar-refractivity contribution in [3.63, 3.8) is 0 Å². The molecule has 4 rings (SSSR count). The van der Waals surface area contributed by atoms with Crippen molar-refractivity contribution < 1.29 is 9.72 Å². The molecule has 3 aromatic rings. The quantitative estimate of drug-likeness (QED) is 0.398. The molecule has 0 radical (unpaired) electrons. The molecule has 0 saturated carbocycles. The molecule has 0 spiro atoms. The van der Waals surface area contributed by atoms with Gasteiger partial charge in [-0.2, -0.15) is 0 Å². The molecule has 1 aliphatic heterocycles. The van der Waals surface area contributed by atoms with Gasteiger partial charge in [0.05, 0.1) is 21.7 Å². The van der Waals surface area contributed by atoms with Gasteiger partial charge in [-0.25, -0.2) is 0 Å². The smallest absolute Gasteiger partial charge is 0.270 e.